The number of ether oxygens (including phenoxy) is 2. The van der Waals surface area contributed by atoms with Gasteiger partial charge in [-0.1, -0.05) is 32.0 Å². The summed E-state index contributed by atoms with van der Waals surface area (Å²) in [4.78, 5) is 25.2. The number of nitrogens with one attached hydrogen (secondary N) is 1. The number of benzene rings is 3. The van der Waals surface area contributed by atoms with Crippen LogP contribution in [0.1, 0.15) is 32.3 Å². The molecule has 0 fully saturated rings. The highest BCUT2D eigenvalue weighted by Gasteiger charge is 2.17. The molecule has 1 aromatic heterocycles. The van der Waals surface area contributed by atoms with Crippen LogP contribution >= 0.6 is 0 Å². The number of hydrogen-bond acceptors (Lipinski definition) is 5. The van der Waals surface area contributed by atoms with Gasteiger partial charge in [0.2, 0.25) is 0 Å². The number of hydrogen-bond donors (Lipinski definition) is 1. The van der Waals surface area contributed by atoms with Crippen molar-refractivity contribution >= 4 is 22.6 Å². The fraction of sp³-hybridized carbons (Fsp3) is 0.214. The Hall–Kier alpha value is -4.06. The molecule has 0 aliphatic heterocycles. The van der Waals surface area contributed by atoms with Crippen LogP contribution in [0.4, 0.5) is 5.69 Å². The molecule has 4 rings (SSSR count). The monoisotopic (exact) mass is 457 g/mol. The summed E-state index contributed by atoms with van der Waals surface area (Å²) >= 11 is 0. The largest absolute Gasteiger partial charge is 0.497 e. The van der Waals surface area contributed by atoms with Crippen molar-refractivity contribution in [1.29, 1.82) is 0 Å². The van der Waals surface area contributed by atoms with E-state index in [1.165, 1.54) is 6.07 Å². The van der Waals surface area contributed by atoms with Crippen LogP contribution in [0.15, 0.2) is 82.0 Å². The zero-order valence-corrected chi connectivity index (χ0v) is 19.6. The number of anilines is 1. The number of carbonyl (C=O) groups is 1. The van der Waals surface area contributed by atoms with Crippen molar-refractivity contribution in [2.45, 2.75) is 32.8 Å². The predicted octanol–water partition coefficient (Wildman–Crippen LogP) is 6.00. The minimum Gasteiger partial charge on any atom is -0.497 e. The Morgan fingerprint density at radius 3 is 2.38 bits per heavy atom. The summed E-state index contributed by atoms with van der Waals surface area (Å²) in [6, 6.07) is 21.4. The Labute approximate surface area is 198 Å². The normalized spacial score (nSPS) is 11.9. The SMILES string of the molecule is COc1ccc2oc(-c3ccc(NC(=O)C(C)Oc4ccccc4C(C)C)cc3)cc(=O)c2c1. The smallest absolute Gasteiger partial charge is 0.265 e. The second-order valence-electron chi connectivity index (χ2n) is 8.36. The lowest BCUT2D eigenvalue weighted by molar-refractivity contribution is -0.122. The third-order valence-corrected chi connectivity index (χ3v) is 5.59. The first-order chi connectivity index (χ1) is 16.4. The molecule has 1 N–H and O–H groups in total. The molecule has 34 heavy (non-hydrogen) atoms. The molecule has 0 aliphatic carbocycles. The van der Waals surface area contributed by atoms with Crippen LogP contribution in [0, 0.1) is 0 Å². The van der Waals surface area contributed by atoms with Crippen molar-refractivity contribution in [3.63, 3.8) is 0 Å². The van der Waals surface area contributed by atoms with E-state index in [1.54, 1.807) is 56.5 Å². The molecular weight excluding hydrogens is 430 g/mol. The first-order valence-corrected chi connectivity index (χ1v) is 11.1. The average molecular weight is 458 g/mol. The van der Waals surface area contributed by atoms with Crippen molar-refractivity contribution < 1.29 is 18.7 Å². The van der Waals surface area contributed by atoms with Crippen molar-refractivity contribution in [3.8, 4) is 22.8 Å². The van der Waals surface area contributed by atoms with Crippen molar-refractivity contribution in [1.82, 2.24) is 0 Å². The van der Waals surface area contributed by atoms with Gasteiger partial charge in [0.25, 0.3) is 5.91 Å². The maximum Gasteiger partial charge on any atom is 0.265 e. The molecule has 0 bridgehead atoms. The molecule has 1 heterocycles. The molecule has 1 amide bonds. The molecule has 0 saturated carbocycles. The van der Waals surface area contributed by atoms with E-state index < -0.39 is 6.10 Å². The van der Waals surface area contributed by atoms with Gasteiger partial charge in [-0.25, -0.2) is 0 Å². The van der Waals surface area contributed by atoms with Crippen LogP contribution in [0.25, 0.3) is 22.3 Å². The second kappa shape index (κ2) is 9.83. The first kappa shape index (κ1) is 23.1. The van der Waals surface area contributed by atoms with Crippen LogP contribution in [0.5, 0.6) is 11.5 Å². The van der Waals surface area contributed by atoms with Crippen LogP contribution in [0.3, 0.4) is 0 Å². The Balaban J connectivity index is 1.48. The first-order valence-electron chi connectivity index (χ1n) is 11.1. The van der Waals surface area contributed by atoms with Gasteiger partial charge in [0.1, 0.15) is 22.8 Å². The Kier molecular flexibility index (Phi) is 6.68. The summed E-state index contributed by atoms with van der Waals surface area (Å²) < 4.78 is 17.0. The van der Waals surface area contributed by atoms with Crippen molar-refractivity contribution in [3.05, 3.63) is 88.6 Å². The summed E-state index contributed by atoms with van der Waals surface area (Å²) in [6.45, 7) is 5.89. The molecule has 6 nitrogen and oxygen atoms in total. The van der Waals surface area contributed by atoms with E-state index in [2.05, 4.69) is 19.2 Å². The third kappa shape index (κ3) is 4.96. The van der Waals surface area contributed by atoms with E-state index in [0.717, 1.165) is 11.1 Å². The van der Waals surface area contributed by atoms with Crippen molar-refractivity contribution in [2.24, 2.45) is 0 Å². The highest BCUT2D eigenvalue weighted by molar-refractivity contribution is 5.94. The topological polar surface area (TPSA) is 77.8 Å². The van der Waals surface area contributed by atoms with E-state index >= 15 is 0 Å². The summed E-state index contributed by atoms with van der Waals surface area (Å²) in [6.07, 6.45) is -0.671. The minimum atomic E-state index is -0.671. The molecule has 0 aliphatic rings. The Morgan fingerprint density at radius 1 is 0.941 bits per heavy atom. The Bertz CT molecular complexity index is 1370. The molecular formula is C28H27NO5. The van der Waals surface area contributed by atoms with E-state index in [-0.39, 0.29) is 17.3 Å². The van der Waals surface area contributed by atoms with Gasteiger partial charge in [-0.15, -0.1) is 0 Å². The number of rotatable bonds is 7. The number of fused-ring (bicyclic) bond motifs is 1. The lowest BCUT2D eigenvalue weighted by Crippen LogP contribution is -2.30. The highest BCUT2D eigenvalue weighted by Crippen LogP contribution is 2.28. The molecule has 0 saturated heterocycles. The van der Waals surface area contributed by atoms with Gasteiger partial charge in [-0.05, 0) is 66.9 Å². The number of para-hydroxylation sites is 1. The molecule has 6 heteroatoms. The number of carbonyl (C=O) groups excluding carboxylic acids is 1. The predicted molar refractivity (Wildman–Crippen MR) is 134 cm³/mol. The number of methoxy groups -OCH3 is 1. The maximum absolute atomic E-state index is 12.7. The van der Waals surface area contributed by atoms with E-state index in [4.69, 9.17) is 13.9 Å². The zero-order valence-electron chi connectivity index (χ0n) is 19.6. The highest BCUT2D eigenvalue weighted by atomic mass is 16.5. The summed E-state index contributed by atoms with van der Waals surface area (Å²) in [5, 5.41) is 3.33. The van der Waals surface area contributed by atoms with Gasteiger partial charge < -0.3 is 19.2 Å². The van der Waals surface area contributed by atoms with E-state index in [1.807, 2.05) is 24.3 Å². The lowest BCUT2D eigenvalue weighted by Gasteiger charge is -2.18. The zero-order chi connectivity index (χ0) is 24.2. The average Bonchev–Trinajstić information content (AvgIpc) is 2.84. The van der Waals surface area contributed by atoms with Crippen LogP contribution in [-0.2, 0) is 4.79 Å². The van der Waals surface area contributed by atoms with E-state index in [9.17, 15) is 9.59 Å². The summed E-state index contributed by atoms with van der Waals surface area (Å²) in [5.41, 5.74) is 2.73. The quantitative estimate of drug-likeness (QED) is 0.368. The van der Waals surface area contributed by atoms with Gasteiger partial charge in [-0.2, -0.15) is 0 Å². The van der Waals surface area contributed by atoms with Crippen molar-refractivity contribution in [2.75, 3.05) is 12.4 Å². The van der Waals surface area contributed by atoms with Gasteiger partial charge in [0, 0.05) is 17.3 Å². The fourth-order valence-corrected chi connectivity index (χ4v) is 3.68. The summed E-state index contributed by atoms with van der Waals surface area (Å²) in [5.74, 6) is 1.79. The maximum atomic E-state index is 12.7. The second-order valence-corrected chi connectivity index (χ2v) is 8.36. The van der Waals surface area contributed by atoms with Crippen LogP contribution < -0.4 is 20.2 Å². The molecule has 4 aromatic rings. The Morgan fingerprint density at radius 2 is 1.68 bits per heavy atom. The number of amides is 1. The fourth-order valence-electron chi connectivity index (χ4n) is 3.68. The molecule has 1 unspecified atom stereocenters. The molecule has 1 atom stereocenters. The third-order valence-electron chi connectivity index (χ3n) is 5.59. The summed E-state index contributed by atoms with van der Waals surface area (Å²) in [7, 11) is 1.55. The van der Waals surface area contributed by atoms with Crippen LogP contribution in [-0.4, -0.2) is 19.1 Å². The van der Waals surface area contributed by atoms with Gasteiger partial charge in [0.05, 0.1) is 12.5 Å². The van der Waals surface area contributed by atoms with Gasteiger partial charge >= 0.3 is 0 Å². The van der Waals surface area contributed by atoms with Gasteiger partial charge in [0.15, 0.2) is 11.5 Å². The lowest BCUT2D eigenvalue weighted by atomic mass is 10.0. The molecule has 3 aromatic carbocycles. The van der Waals surface area contributed by atoms with Gasteiger partial charge in [-0.3, -0.25) is 9.59 Å². The van der Waals surface area contributed by atoms with E-state index in [0.29, 0.717) is 33.9 Å². The molecule has 0 spiro atoms. The standard InChI is InChI=1S/C28H27NO5/c1-17(2)22-7-5-6-8-25(22)33-18(3)28(31)29-20-11-9-19(10-12-20)27-16-24(30)23-15-21(32-4)13-14-26(23)34-27/h5-18H,1-4H3,(H,29,31). The molecule has 174 valence electrons. The minimum absolute atomic E-state index is 0.153. The van der Waals surface area contributed by atoms with Crippen LogP contribution in [0.2, 0.25) is 0 Å². The molecule has 0 radical (unpaired) electrons.